The monoisotopic (exact) mass is 327 g/mol. The predicted octanol–water partition coefficient (Wildman–Crippen LogP) is 2.18. The molecule has 1 amide bonds. The molecule has 0 aromatic heterocycles. The Morgan fingerprint density at radius 3 is 2.82 bits per heavy atom. The maximum Gasteiger partial charge on any atom is 0.339 e. The van der Waals surface area contributed by atoms with E-state index >= 15 is 0 Å². The Bertz CT molecular complexity index is 575. The van der Waals surface area contributed by atoms with Crippen molar-refractivity contribution in [2.24, 2.45) is 0 Å². The zero-order valence-corrected chi connectivity index (χ0v) is 13.2. The second-order valence-corrected chi connectivity index (χ2v) is 5.23. The van der Waals surface area contributed by atoms with Gasteiger partial charge < -0.3 is 19.5 Å². The van der Waals surface area contributed by atoms with Crippen molar-refractivity contribution in [1.29, 1.82) is 0 Å². The highest BCUT2D eigenvalue weighted by Gasteiger charge is 2.23. The van der Waals surface area contributed by atoms with Crippen molar-refractivity contribution in [2.75, 3.05) is 19.8 Å². The maximum atomic E-state index is 12.1. The molecule has 22 heavy (non-hydrogen) atoms. The summed E-state index contributed by atoms with van der Waals surface area (Å²) in [5.74, 6) is -0.163. The number of rotatable bonds is 5. The molecule has 1 aliphatic heterocycles. The number of carbonyl (C=O) groups is 2. The third-order valence-corrected chi connectivity index (χ3v) is 3.32. The minimum Gasteiger partial charge on any atom is -0.486 e. The lowest BCUT2D eigenvalue weighted by molar-refractivity contribution is -0.129. The van der Waals surface area contributed by atoms with Crippen molar-refractivity contribution >= 4 is 23.5 Å². The van der Waals surface area contributed by atoms with Crippen molar-refractivity contribution in [3.05, 3.63) is 22.7 Å². The molecular weight excluding hydrogens is 310 g/mol. The van der Waals surface area contributed by atoms with E-state index in [1.165, 1.54) is 19.1 Å². The van der Waals surface area contributed by atoms with Crippen molar-refractivity contribution in [3.63, 3.8) is 0 Å². The van der Waals surface area contributed by atoms with Gasteiger partial charge in [0.2, 0.25) is 0 Å². The van der Waals surface area contributed by atoms with E-state index in [0.717, 1.165) is 6.42 Å². The number of carbonyl (C=O) groups excluding carboxylic acids is 2. The highest BCUT2D eigenvalue weighted by molar-refractivity contribution is 6.32. The van der Waals surface area contributed by atoms with E-state index in [1.807, 2.05) is 6.92 Å². The Kier molecular flexibility index (Phi) is 5.49. The van der Waals surface area contributed by atoms with Gasteiger partial charge in [-0.2, -0.15) is 0 Å². The molecule has 1 N–H and O–H groups in total. The summed E-state index contributed by atoms with van der Waals surface area (Å²) in [5, 5.41) is 2.93. The van der Waals surface area contributed by atoms with E-state index in [9.17, 15) is 9.59 Å². The van der Waals surface area contributed by atoms with Crippen LogP contribution in [0.2, 0.25) is 5.02 Å². The minimum atomic E-state index is -0.883. The summed E-state index contributed by atoms with van der Waals surface area (Å²) >= 11 is 6.07. The zero-order chi connectivity index (χ0) is 16.1. The number of benzene rings is 1. The molecule has 0 bridgehead atoms. The quantitative estimate of drug-likeness (QED) is 0.839. The van der Waals surface area contributed by atoms with Gasteiger partial charge in [-0.05, 0) is 25.5 Å². The number of fused-ring (bicyclic) bond motifs is 1. The summed E-state index contributed by atoms with van der Waals surface area (Å²) in [6.45, 7) is 4.79. The predicted molar refractivity (Wildman–Crippen MR) is 80.6 cm³/mol. The Hall–Kier alpha value is -1.95. The lowest BCUT2D eigenvalue weighted by Gasteiger charge is -2.20. The third kappa shape index (κ3) is 3.82. The standard InChI is InChI=1S/C15H18ClNO5/c1-3-4-17-14(18)9(2)22-15(19)10-7-11(16)13-12(8-10)20-5-6-21-13/h7-9H,3-6H2,1-2H3,(H,17,18)/t9-/m1/s1. The van der Waals surface area contributed by atoms with Crippen LogP contribution in [-0.4, -0.2) is 37.7 Å². The SMILES string of the molecule is CCCNC(=O)[C@@H](C)OC(=O)c1cc(Cl)c2c(c1)OCCO2. The molecule has 6 nitrogen and oxygen atoms in total. The van der Waals surface area contributed by atoms with E-state index in [2.05, 4.69) is 5.32 Å². The molecule has 0 saturated carbocycles. The van der Waals surface area contributed by atoms with Crippen LogP contribution in [0.1, 0.15) is 30.6 Å². The van der Waals surface area contributed by atoms with Crippen LogP contribution in [0.5, 0.6) is 11.5 Å². The molecule has 120 valence electrons. The van der Waals surface area contributed by atoms with Crippen molar-refractivity contribution in [2.45, 2.75) is 26.4 Å². The van der Waals surface area contributed by atoms with Gasteiger partial charge in [0.05, 0.1) is 10.6 Å². The van der Waals surface area contributed by atoms with Crippen LogP contribution in [0, 0.1) is 0 Å². The first-order valence-corrected chi connectivity index (χ1v) is 7.48. The number of hydrogen-bond acceptors (Lipinski definition) is 5. The lowest BCUT2D eigenvalue weighted by atomic mass is 10.2. The average Bonchev–Trinajstić information content (AvgIpc) is 2.52. The first-order valence-electron chi connectivity index (χ1n) is 7.10. The highest BCUT2D eigenvalue weighted by atomic mass is 35.5. The fraction of sp³-hybridized carbons (Fsp3) is 0.467. The number of esters is 1. The molecular formula is C15H18ClNO5. The summed E-state index contributed by atoms with van der Waals surface area (Å²) in [7, 11) is 0. The molecule has 7 heteroatoms. The van der Waals surface area contributed by atoms with Crippen LogP contribution < -0.4 is 14.8 Å². The number of amides is 1. The lowest BCUT2D eigenvalue weighted by Crippen LogP contribution is -2.36. The first-order chi connectivity index (χ1) is 10.5. The van der Waals surface area contributed by atoms with Gasteiger partial charge in [0.15, 0.2) is 17.6 Å². The van der Waals surface area contributed by atoms with E-state index in [-0.39, 0.29) is 16.5 Å². The van der Waals surface area contributed by atoms with Crippen molar-refractivity contribution < 1.29 is 23.8 Å². The van der Waals surface area contributed by atoms with Crippen LogP contribution in [0.15, 0.2) is 12.1 Å². The van der Waals surface area contributed by atoms with Crippen LogP contribution in [-0.2, 0) is 9.53 Å². The largest absolute Gasteiger partial charge is 0.486 e. The fourth-order valence-electron chi connectivity index (χ4n) is 1.90. The van der Waals surface area contributed by atoms with Crippen LogP contribution in [0.4, 0.5) is 0 Å². The van der Waals surface area contributed by atoms with Gasteiger partial charge in [-0.3, -0.25) is 4.79 Å². The molecule has 0 unspecified atom stereocenters. The maximum absolute atomic E-state index is 12.1. The zero-order valence-electron chi connectivity index (χ0n) is 12.5. The summed E-state index contributed by atoms with van der Waals surface area (Å²) in [6.07, 6.45) is -0.0736. The Balaban J connectivity index is 2.06. The van der Waals surface area contributed by atoms with Gasteiger partial charge in [-0.1, -0.05) is 18.5 Å². The molecule has 0 saturated heterocycles. The molecule has 1 aromatic rings. The van der Waals surface area contributed by atoms with E-state index < -0.39 is 12.1 Å². The molecule has 1 aromatic carbocycles. The van der Waals surface area contributed by atoms with Crippen molar-refractivity contribution in [3.8, 4) is 11.5 Å². The smallest absolute Gasteiger partial charge is 0.339 e. The summed E-state index contributed by atoms with van der Waals surface area (Å²) in [6, 6.07) is 2.94. The van der Waals surface area contributed by atoms with Crippen LogP contribution in [0.3, 0.4) is 0 Å². The van der Waals surface area contributed by atoms with Gasteiger partial charge >= 0.3 is 5.97 Å². The Morgan fingerprint density at radius 1 is 1.36 bits per heavy atom. The number of halogens is 1. The van der Waals surface area contributed by atoms with E-state index in [0.29, 0.717) is 31.3 Å². The molecule has 2 rings (SSSR count). The van der Waals surface area contributed by atoms with E-state index in [4.69, 9.17) is 25.8 Å². The molecule has 1 aliphatic rings. The molecule has 0 radical (unpaired) electrons. The normalized spacial score (nSPS) is 14.1. The summed E-state index contributed by atoms with van der Waals surface area (Å²) in [5.41, 5.74) is 0.212. The number of hydrogen-bond donors (Lipinski definition) is 1. The highest BCUT2D eigenvalue weighted by Crippen LogP contribution is 2.38. The van der Waals surface area contributed by atoms with Crippen LogP contribution in [0.25, 0.3) is 0 Å². The number of ether oxygens (including phenoxy) is 3. The molecule has 1 heterocycles. The number of nitrogens with one attached hydrogen (secondary N) is 1. The van der Waals surface area contributed by atoms with Gasteiger partial charge in [0, 0.05) is 6.54 Å². The molecule has 1 atom stereocenters. The molecule has 0 spiro atoms. The topological polar surface area (TPSA) is 73.9 Å². The first kappa shape index (κ1) is 16.4. The van der Waals surface area contributed by atoms with E-state index in [1.54, 1.807) is 0 Å². The van der Waals surface area contributed by atoms with Crippen molar-refractivity contribution in [1.82, 2.24) is 5.32 Å². The Labute approximate surface area is 133 Å². The summed E-state index contributed by atoms with van der Waals surface area (Å²) < 4.78 is 15.9. The molecule has 0 aliphatic carbocycles. The van der Waals surface area contributed by atoms with Gasteiger partial charge in [0.1, 0.15) is 13.2 Å². The van der Waals surface area contributed by atoms with Crippen LogP contribution >= 0.6 is 11.6 Å². The second kappa shape index (κ2) is 7.35. The van der Waals surface area contributed by atoms with Gasteiger partial charge in [-0.15, -0.1) is 0 Å². The average molecular weight is 328 g/mol. The third-order valence-electron chi connectivity index (χ3n) is 3.03. The minimum absolute atomic E-state index is 0.212. The van der Waals surface area contributed by atoms with Gasteiger partial charge in [0.25, 0.3) is 5.91 Å². The Morgan fingerprint density at radius 2 is 2.09 bits per heavy atom. The second-order valence-electron chi connectivity index (χ2n) is 4.82. The summed E-state index contributed by atoms with van der Waals surface area (Å²) in [4.78, 5) is 23.8. The fourth-order valence-corrected chi connectivity index (χ4v) is 2.17. The molecule has 0 fully saturated rings. The van der Waals surface area contributed by atoms with Gasteiger partial charge in [-0.25, -0.2) is 4.79 Å².